The number of hydrogen-bond donors (Lipinski definition) is 1. The van der Waals surface area contributed by atoms with E-state index in [0.717, 1.165) is 25.2 Å². The number of sulfonamides is 1. The number of rotatable bonds is 5. The van der Waals surface area contributed by atoms with E-state index in [4.69, 9.17) is 14.6 Å². The summed E-state index contributed by atoms with van der Waals surface area (Å²) in [4.78, 5) is 1.61. The third kappa shape index (κ3) is 4.62. The Morgan fingerprint density at radius 2 is 2.05 bits per heavy atom. The average Bonchev–Trinajstić information content (AvgIpc) is 2.42. The number of hydrogen-bond acceptors (Lipinski definition) is 5. The van der Waals surface area contributed by atoms with Crippen molar-refractivity contribution >= 4 is 26.0 Å². The third-order valence-corrected chi connectivity index (χ3v) is 4.61. The molecule has 1 fully saturated rings. The van der Waals surface area contributed by atoms with Crippen molar-refractivity contribution in [3.63, 3.8) is 0 Å². The molecule has 1 aromatic rings. The summed E-state index contributed by atoms with van der Waals surface area (Å²) in [6.07, 6.45) is 0. The first-order valence-electron chi connectivity index (χ1n) is 6.32. The van der Waals surface area contributed by atoms with Crippen LogP contribution in [-0.2, 0) is 14.8 Å². The van der Waals surface area contributed by atoms with Gasteiger partial charge in [-0.15, -0.1) is 0 Å². The molecule has 1 heterocycles. The standard InChI is InChI=1S/C12H16BrFN2O4S/c13-9-7-12(21(15,17)18)10(14)8-11(9)20-6-3-16-1-4-19-5-2-16/h7-8H,1-6H2,(H2,15,17,18). The molecular weight excluding hydrogens is 367 g/mol. The van der Waals surface area contributed by atoms with Gasteiger partial charge in [0.25, 0.3) is 0 Å². The van der Waals surface area contributed by atoms with E-state index in [0.29, 0.717) is 30.8 Å². The number of nitrogens with zero attached hydrogens (tertiary/aromatic N) is 1. The summed E-state index contributed by atoms with van der Waals surface area (Å²) >= 11 is 3.15. The highest BCUT2D eigenvalue weighted by molar-refractivity contribution is 9.10. The lowest BCUT2D eigenvalue weighted by Gasteiger charge is -2.26. The number of benzene rings is 1. The Kier molecular flexibility index (Phi) is 5.55. The molecule has 2 rings (SSSR count). The number of nitrogens with two attached hydrogens (primary N) is 1. The first kappa shape index (κ1) is 16.6. The van der Waals surface area contributed by atoms with Crippen molar-refractivity contribution in [2.75, 3.05) is 39.5 Å². The normalized spacial score (nSPS) is 16.9. The molecule has 0 radical (unpaired) electrons. The zero-order chi connectivity index (χ0) is 15.5. The van der Waals surface area contributed by atoms with E-state index in [1.54, 1.807) is 0 Å². The van der Waals surface area contributed by atoms with Gasteiger partial charge in [0.2, 0.25) is 10.0 Å². The van der Waals surface area contributed by atoms with Crippen LogP contribution in [-0.4, -0.2) is 52.8 Å². The van der Waals surface area contributed by atoms with Crippen LogP contribution in [0.5, 0.6) is 5.75 Å². The van der Waals surface area contributed by atoms with Crippen molar-refractivity contribution in [3.05, 3.63) is 22.4 Å². The Bertz CT molecular complexity index is 606. The van der Waals surface area contributed by atoms with Crippen molar-refractivity contribution in [2.24, 2.45) is 5.14 Å². The fraction of sp³-hybridized carbons (Fsp3) is 0.500. The highest BCUT2D eigenvalue weighted by Crippen LogP contribution is 2.29. The Morgan fingerprint density at radius 3 is 2.67 bits per heavy atom. The monoisotopic (exact) mass is 382 g/mol. The van der Waals surface area contributed by atoms with Gasteiger partial charge in [0.15, 0.2) is 0 Å². The minimum atomic E-state index is -4.09. The van der Waals surface area contributed by atoms with E-state index in [2.05, 4.69) is 20.8 Å². The van der Waals surface area contributed by atoms with Crippen LogP contribution < -0.4 is 9.88 Å². The summed E-state index contributed by atoms with van der Waals surface area (Å²) < 4.78 is 47.2. The van der Waals surface area contributed by atoms with Gasteiger partial charge in [-0.3, -0.25) is 4.90 Å². The molecule has 21 heavy (non-hydrogen) atoms. The fourth-order valence-corrected chi connectivity index (χ4v) is 3.17. The summed E-state index contributed by atoms with van der Waals surface area (Å²) in [7, 11) is -4.09. The zero-order valence-corrected chi connectivity index (χ0v) is 13.6. The maximum atomic E-state index is 13.7. The smallest absolute Gasteiger partial charge is 0.241 e. The summed E-state index contributed by atoms with van der Waals surface area (Å²) in [6, 6.07) is 2.12. The Balaban J connectivity index is 1.99. The lowest BCUT2D eigenvalue weighted by Crippen LogP contribution is -2.38. The van der Waals surface area contributed by atoms with Crippen LogP contribution in [0, 0.1) is 5.82 Å². The number of morpholine rings is 1. The minimum Gasteiger partial charge on any atom is -0.491 e. The second-order valence-electron chi connectivity index (χ2n) is 4.56. The van der Waals surface area contributed by atoms with E-state index in [-0.39, 0.29) is 5.75 Å². The van der Waals surface area contributed by atoms with Gasteiger partial charge in [0.05, 0.1) is 17.7 Å². The highest BCUT2D eigenvalue weighted by Gasteiger charge is 2.18. The summed E-state index contributed by atoms with van der Waals surface area (Å²) in [5.41, 5.74) is 0. The van der Waals surface area contributed by atoms with Crippen LogP contribution in [0.15, 0.2) is 21.5 Å². The molecule has 0 bridgehead atoms. The molecule has 6 nitrogen and oxygen atoms in total. The molecule has 1 aromatic carbocycles. The van der Waals surface area contributed by atoms with Crippen molar-refractivity contribution < 1.29 is 22.3 Å². The molecule has 0 saturated carbocycles. The molecule has 2 N–H and O–H groups in total. The molecule has 0 aliphatic carbocycles. The largest absolute Gasteiger partial charge is 0.491 e. The van der Waals surface area contributed by atoms with E-state index >= 15 is 0 Å². The molecule has 1 saturated heterocycles. The maximum Gasteiger partial charge on any atom is 0.241 e. The summed E-state index contributed by atoms with van der Waals surface area (Å²) in [5.74, 6) is -0.685. The van der Waals surface area contributed by atoms with E-state index in [1.807, 2.05) is 0 Å². The van der Waals surface area contributed by atoms with E-state index in [9.17, 15) is 12.8 Å². The lowest BCUT2D eigenvalue weighted by molar-refractivity contribution is 0.0322. The van der Waals surface area contributed by atoms with Crippen LogP contribution in [0.4, 0.5) is 4.39 Å². The summed E-state index contributed by atoms with van der Waals surface area (Å²) in [6.45, 7) is 4.12. The van der Waals surface area contributed by atoms with Gasteiger partial charge in [0.1, 0.15) is 23.1 Å². The van der Waals surface area contributed by atoms with Crippen LogP contribution in [0.25, 0.3) is 0 Å². The van der Waals surface area contributed by atoms with Crippen LogP contribution in [0.3, 0.4) is 0 Å². The van der Waals surface area contributed by atoms with Crippen LogP contribution in [0.1, 0.15) is 0 Å². The number of primary sulfonamides is 1. The maximum absolute atomic E-state index is 13.7. The molecule has 0 amide bonds. The minimum absolute atomic E-state index is 0.244. The second kappa shape index (κ2) is 7.01. The zero-order valence-electron chi connectivity index (χ0n) is 11.2. The summed E-state index contributed by atoms with van der Waals surface area (Å²) in [5, 5.41) is 4.93. The van der Waals surface area contributed by atoms with Gasteiger partial charge in [-0.05, 0) is 22.0 Å². The quantitative estimate of drug-likeness (QED) is 0.819. The molecule has 1 aliphatic heterocycles. The molecule has 118 valence electrons. The molecule has 0 aromatic heterocycles. The molecule has 1 aliphatic rings. The van der Waals surface area contributed by atoms with Crippen LogP contribution >= 0.6 is 15.9 Å². The first-order valence-corrected chi connectivity index (χ1v) is 8.66. The van der Waals surface area contributed by atoms with Crippen molar-refractivity contribution in [1.29, 1.82) is 0 Å². The van der Waals surface area contributed by atoms with E-state index < -0.39 is 20.7 Å². The Labute approximate surface area is 131 Å². The van der Waals surface area contributed by atoms with Crippen molar-refractivity contribution in [3.8, 4) is 5.75 Å². The van der Waals surface area contributed by atoms with Crippen LogP contribution in [0.2, 0.25) is 0 Å². The first-order chi connectivity index (χ1) is 9.88. The predicted octanol–water partition coefficient (Wildman–Crippen LogP) is 0.947. The molecule has 0 unspecified atom stereocenters. The molecule has 0 atom stereocenters. The SMILES string of the molecule is NS(=O)(=O)c1cc(Br)c(OCCN2CCOCC2)cc1F. The topological polar surface area (TPSA) is 81.9 Å². The fourth-order valence-electron chi connectivity index (χ4n) is 1.95. The van der Waals surface area contributed by atoms with Gasteiger partial charge in [0, 0.05) is 25.7 Å². The number of ether oxygens (including phenoxy) is 2. The Hall–Kier alpha value is -0.740. The molecule has 9 heteroatoms. The van der Waals surface area contributed by atoms with Gasteiger partial charge in [-0.2, -0.15) is 0 Å². The lowest BCUT2D eigenvalue weighted by atomic mass is 10.3. The average molecular weight is 383 g/mol. The van der Waals surface area contributed by atoms with Gasteiger partial charge in [-0.25, -0.2) is 17.9 Å². The third-order valence-electron chi connectivity index (χ3n) is 3.06. The van der Waals surface area contributed by atoms with Crippen molar-refractivity contribution in [2.45, 2.75) is 4.90 Å². The molecular formula is C12H16BrFN2O4S. The predicted molar refractivity (Wildman–Crippen MR) is 78.2 cm³/mol. The second-order valence-corrected chi connectivity index (χ2v) is 6.94. The highest BCUT2D eigenvalue weighted by atomic mass is 79.9. The Morgan fingerprint density at radius 1 is 1.38 bits per heavy atom. The van der Waals surface area contributed by atoms with E-state index in [1.165, 1.54) is 0 Å². The van der Waals surface area contributed by atoms with Gasteiger partial charge >= 0.3 is 0 Å². The van der Waals surface area contributed by atoms with Crippen molar-refractivity contribution in [1.82, 2.24) is 4.90 Å². The number of halogens is 2. The van der Waals surface area contributed by atoms with Gasteiger partial charge in [-0.1, -0.05) is 0 Å². The van der Waals surface area contributed by atoms with Gasteiger partial charge < -0.3 is 9.47 Å². The molecule has 0 spiro atoms.